The van der Waals surface area contributed by atoms with Crippen molar-refractivity contribution < 1.29 is 9.66 Å². The topological polar surface area (TPSA) is 78.2 Å². The van der Waals surface area contributed by atoms with Crippen LogP contribution >= 0.6 is 23.4 Å². The van der Waals surface area contributed by atoms with Crippen LogP contribution in [-0.4, -0.2) is 21.1 Å². The van der Waals surface area contributed by atoms with Crippen molar-refractivity contribution in [2.45, 2.75) is 12.1 Å². The van der Waals surface area contributed by atoms with Crippen molar-refractivity contribution >= 4 is 29.1 Å². The Morgan fingerprint density at radius 3 is 2.75 bits per heavy atom. The van der Waals surface area contributed by atoms with Gasteiger partial charge in [0.2, 0.25) is 11.6 Å². The van der Waals surface area contributed by atoms with Crippen LogP contribution in [0.15, 0.2) is 29.4 Å². The monoisotopic (exact) mass is 311 g/mol. The van der Waals surface area contributed by atoms with Gasteiger partial charge in [-0.05, 0) is 24.8 Å². The van der Waals surface area contributed by atoms with Crippen LogP contribution in [0.4, 0.5) is 5.69 Å². The number of nitro benzene ring substituents is 1. The van der Waals surface area contributed by atoms with Crippen molar-refractivity contribution in [2.24, 2.45) is 0 Å². The fourth-order valence-corrected chi connectivity index (χ4v) is 2.08. The molecular weight excluding hydrogens is 302 g/mol. The summed E-state index contributed by atoms with van der Waals surface area (Å²) in [5, 5.41) is 11.7. The quantitative estimate of drug-likeness (QED) is 0.280. The molecule has 6 nitrogen and oxygen atoms in total. The highest BCUT2D eigenvalue weighted by Gasteiger charge is 2.17. The van der Waals surface area contributed by atoms with Crippen LogP contribution in [0.5, 0.6) is 11.6 Å². The zero-order chi connectivity index (χ0) is 14.7. The number of rotatable bonds is 4. The standard InChI is InChI=1S/C12H10ClN3O3S/c1-7-3-4-9(8(5-7)16(17)18)19-11-6-10(13)14-12(15-11)20-2/h3-6H,1-2H3. The van der Waals surface area contributed by atoms with Gasteiger partial charge in [0, 0.05) is 12.1 Å². The van der Waals surface area contributed by atoms with Gasteiger partial charge in [0.1, 0.15) is 5.15 Å². The lowest BCUT2D eigenvalue weighted by molar-refractivity contribution is -0.385. The number of halogens is 1. The summed E-state index contributed by atoms with van der Waals surface area (Å²) < 4.78 is 5.46. The maximum absolute atomic E-state index is 11.0. The van der Waals surface area contributed by atoms with E-state index in [2.05, 4.69) is 9.97 Å². The SMILES string of the molecule is CSc1nc(Cl)cc(Oc2ccc(C)cc2[N+](=O)[O-])n1. The van der Waals surface area contributed by atoms with E-state index < -0.39 is 4.92 Å². The molecule has 0 aliphatic carbocycles. The lowest BCUT2D eigenvalue weighted by Crippen LogP contribution is -1.97. The Bertz CT molecular complexity index is 666. The molecule has 0 unspecified atom stereocenters. The number of nitrogens with zero attached hydrogens (tertiary/aromatic N) is 3. The van der Waals surface area contributed by atoms with Crippen LogP contribution < -0.4 is 4.74 Å². The summed E-state index contributed by atoms with van der Waals surface area (Å²) in [6.07, 6.45) is 1.80. The fraction of sp³-hybridized carbons (Fsp3) is 0.167. The number of aryl methyl sites for hydroxylation is 1. The highest BCUT2D eigenvalue weighted by Crippen LogP contribution is 2.32. The molecule has 0 saturated heterocycles. The van der Waals surface area contributed by atoms with E-state index in [0.29, 0.717) is 5.16 Å². The van der Waals surface area contributed by atoms with E-state index in [4.69, 9.17) is 16.3 Å². The van der Waals surface area contributed by atoms with E-state index in [1.54, 1.807) is 19.2 Å². The zero-order valence-corrected chi connectivity index (χ0v) is 12.2. The number of hydrogen-bond donors (Lipinski definition) is 0. The fourth-order valence-electron chi connectivity index (χ4n) is 1.49. The molecule has 0 N–H and O–H groups in total. The third kappa shape index (κ3) is 3.37. The third-order valence-corrected chi connectivity index (χ3v) is 3.10. The Labute approximate surface area is 124 Å². The molecule has 0 atom stereocenters. The second-order valence-electron chi connectivity index (χ2n) is 3.85. The van der Waals surface area contributed by atoms with Crippen LogP contribution in [0.1, 0.15) is 5.56 Å². The van der Waals surface area contributed by atoms with Crippen LogP contribution in [-0.2, 0) is 0 Å². The molecule has 8 heteroatoms. The normalized spacial score (nSPS) is 10.3. The van der Waals surface area contributed by atoms with E-state index in [1.807, 2.05) is 0 Å². The number of hydrogen-bond acceptors (Lipinski definition) is 6. The molecule has 0 bridgehead atoms. The van der Waals surface area contributed by atoms with Gasteiger partial charge < -0.3 is 4.74 Å². The van der Waals surface area contributed by atoms with Crippen molar-refractivity contribution in [3.63, 3.8) is 0 Å². The second kappa shape index (κ2) is 6.06. The maximum atomic E-state index is 11.0. The van der Waals surface area contributed by atoms with Gasteiger partial charge >= 0.3 is 5.69 Å². The first-order chi connectivity index (χ1) is 9.49. The predicted octanol–water partition coefficient (Wildman–Crippen LogP) is 3.86. The van der Waals surface area contributed by atoms with Crippen LogP contribution in [0.3, 0.4) is 0 Å². The van der Waals surface area contributed by atoms with Gasteiger partial charge in [-0.2, -0.15) is 4.98 Å². The van der Waals surface area contributed by atoms with Crippen LogP contribution in [0, 0.1) is 17.0 Å². The highest BCUT2D eigenvalue weighted by atomic mass is 35.5. The molecule has 1 aromatic carbocycles. The molecule has 0 saturated carbocycles. The molecule has 2 rings (SSSR count). The Morgan fingerprint density at radius 1 is 1.35 bits per heavy atom. The smallest absolute Gasteiger partial charge is 0.311 e. The zero-order valence-electron chi connectivity index (χ0n) is 10.7. The molecule has 0 aliphatic heterocycles. The van der Waals surface area contributed by atoms with Crippen molar-refractivity contribution in [3.05, 3.63) is 45.1 Å². The summed E-state index contributed by atoms with van der Waals surface area (Å²) in [4.78, 5) is 18.6. The summed E-state index contributed by atoms with van der Waals surface area (Å²) in [6.45, 7) is 1.77. The lowest BCUT2D eigenvalue weighted by Gasteiger charge is -2.07. The molecule has 1 heterocycles. The minimum Gasteiger partial charge on any atom is -0.432 e. The van der Waals surface area contributed by atoms with Crippen molar-refractivity contribution in [3.8, 4) is 11.6 Å². The Morgan fingerprint density at radius 2 is 2.10 bits per heavy atom. The van der Waals surface area contributed by atoms with Crippen LogP contribution in [0.25, 0.3) is 0 Å². The molecule has 0 amide bonds. The average Bonchev–Trinajstić information content (AvgIpc) is 2.40. The van der Waals surface area contributed by atoms with E-state index in [9.17, 15) is 10.1 Å². The summed E-state index contributed by atoms with van der Waals surface area (Å²) in [5.41, 5.74) is 0.653. The third-order valence-electron chi connectivity index (χ3n) is 2.36. The van der Waals surface area contributed by atoms with E-state index >= 15 is 0 Å². The molecule has 2 aromatic rings. The maximum Gasteiger partial charge on any atom is 0.311 e. The molecule has 0 radical (unpaired) electrons. The molecular formula is C12H10ClN3O3S. The summed E-state index contributed by atoms with van der Waals surface area (Å²) >= 11 is 7.14. The molecule has 0 aliphatic rings. The summed E-state index contributed by atoms with van der Waals surface area (Å²) in [7, 11) is 0. The number of thioether (sulfide) groups is 1. The Kier molecular flexibility index (Phi) is 4.41. The average molecular weight is 312 g/mol. The second-order valence-corrected chi connectivity index (χ2v) is 5.01. The van der Waals surface area contributed by atoms with Gasteiger partial charge in [-0.15, -0.1) is 0 Å². The summed E-state index contributed by atoms with van der Waals surface area (Å²) in [6, 6.07) is 6.10. The molecule has 20 heavy (non-hydrogen) atoms. The van der Waals surface area contributed by atoms with Gasteiger partial charge in [0.25, 0.3) is 0 Å². The number of ether oxygens (including phenoxy) is 1. The van der Waals surface area contributed by atoms with Gasteiger partial charge in [0.15, 0.2) is 5.16 Å². The number of benzene rings is 1. The molecule has 0 fully saturated rings. The number of nitro groups is 1. The van der Waals surface area contributed by atoms with Crippen molar-refractivity contribution in [1.29, 1.82) is 0 Å². The van der Waals surface area contributed by atoms with Crippen molar-refractivity contribution in [2.75, 3.05) is 6.26 Å². The van der Waals surface area contributed by atoms with Gasteiger partial charge in [-0.1, -0.05) is 29.4 Å². The van der Waals surface area contributed by atoms with E-state index in [-0.39, 0.29) is 22.5 Å². The van der Waals surface area contributed by atoms with E-state index in [0.717, 1.165) is 5.56 Å². The Balaban J connectivity index is 2.39. The van der Waals surface area contributed by atoms with Crippen LogP contribution in [0.2, 0.25) is 5.15 Å². The lowest BCUT2D eigenvalue weighted by atomic mass is 10.2. The highest BCUT2D eigenvalue weighted by molar-refractivity contribution is 7.98. The van der Waals surface area contributed by atoms with Crippen molar-refractivity contribution in [1.82, 2.24) is 9.97 Å². The molecule has 104 valence electrons. The first kappa shape index (κ1) is 14.5. The number of aromatic nitrogens is 2. The largest absolute Gasteiger partial charge is 0.432 e. The predicted molar refractivity (Wildman–Crippen MR) is 76.7 cm³/mol. The van der Waals surface area contributed by atoms with Gasteiger partial charge in [-0.3, -0.25) is 10.1 Å². The Hall–Kier alpha value is -1.86. The van der Waals surface area contributed by atoms with Gasteiger partial charge in [0.05, 0.1) is 4.92 Å². The molecule has 1 aromatic heterocycles. The van der Waals surface area contributed by atoms with Gasteiger partial charge in [-0.25, -0.2) is 4.98 Å². The first-order valence-electron chi connectivity index (χ1n) is 5.51. The minimum atomic E-state index is -0.499. The summed E-state index contributed by atoms with van der Waals surface area (Å²) in [5.74, 6) is 0.281. The molecule has 0 spiro atoms. The first-order valence-corrected chi connectivity index (χ1v) is 7.11. The minimum absolute atomic E-state index is 0.113. The van der Waals surface area contributed by atoms with E-state index in [1.165, 1.54) is 30.0 Å².